The van der Waals surface area contributed by atoms with E-state index in [0.717, 1.165) is 31.8 Å². The first kappa shape index (κ1) is 14.2. The molecule has 0 fully saturated rings. The van der Waals surface area contributed by atoms with Crippen LogP contribution in [-0.4, -0.2) is 11.1 Å². The molecule has 108 valence electrons. The lowest BCUT2D eigenvalue weighted by atomic mass is 10.3. The summed E-state index contributed by atoms with van der Waals surface area (Å²) >= 11 is 7.72. The molecule has 0 radical (unpaired) electrons. The van der Waals surface area contributed by atoms with Crippen LogP contribution in [0.4, 0.5) is 10.8 Å². The van der Waals surface area contributed by atoms with Gasteiger partial charge in [0.1, 0.15) is 5.75 Å². The van der Waals surface area contributed by atoms with Gasteiger partial charge in [0.05, 0.1) is 21.3 Å². The zero-order valence-electron chi connectivity index (χ0n) is 11.8. The van der Waals surface area contributed by atoms with Crippen molar-refractivity contribution in [2.75, 3.05) is 5.32 Å². The van der Waals surface area contributed by atoms with Crippen molar-refractivity contribution in [2.24, 2.45) is 0 Å². The number of hydrogen-bond donors (Lipinski definition) is 1. The summed E-state index contributed by atoms with van der Waals surface area (Å²) < 4.78 is 6.63. The predicted molar refractivity (Wildman–Crippen MR) is 90.1 cm³/mol. The molecule has 3 rings (SSSR count). The van der Waals surface area contributed by atoms with Gasteiger partial charge in [0.2, 0.25) is 0 Å². The van der Waals surface area contributed by atoms with Crippen LogP contribution in [-0.2, 0) is 0 Å². The second-order valence-electron chi connectivity index (χ2n) is 4.92. The maximum absolute atomic E-state index is 6.17. The summed E-state index contributed by atoms with van der Waals surface area (Å²) in [6, 6.07) is 13.6. The van der Waals surface area contributed by atoms with Crippen LogP contribution in [0.5, 0.6) is 5.75 Å². The first-order valence-corrected chi connectivity index (χ1v) is 7.90. The standard InChI is InChI=1S/C16H15ClN2OS/c1-10(2)20-12-8-6-11(7-9-12)18-16-19-14-5-3-4-13(17)15(14)21-16/h3-10H,1-2H3,(H,18,19). The molecule has 1 aromatic heterocycles. The molecule has 0 atom stereocenters. The van der Waals surface area contributed by atoms with Crippen LogP contribution in [0, 0.1) is 0 Å². The molecule has 0 aliphatic heterocycles. The van der Waals surface area contributed by atoms with Gasteiger partial charge in [-0.15, -0.1) is 0 Å². The minimum Gasteiger partial charge on any atom is -0.491 e. The largest absolute Gasteiger partial charge is 0.491 e. The van der Waals surface area contributed by atoms with E-state index in [1.807, 2.05) is 56.3 Å². The number of anilines is 2. The van der Waals surface area contributed by atoms with Gasteiger partial charge in [-0.2, -0.15) is 0 Å². The fraction of sp³-hybridized carbons (Fsp3) is 0.188. The minimum atomic E-state index is 0.176. The summed E-state index contributed by atoms with van der Waals surface area (Å²) in [6.07, 6.45) is 0.176. The first-order valence-electron chi connectivity index (χ1n) is 6.70. The van der Waals surface area contributed by atoms with Gasteiger partial charge < -0.3 is 10.1 Å². The van der Waals surface area contributed by atoms with Crippen LogP contribution in [0.25, 0.3) is 10.2 Å². The summed E-state index contributed by atoms with van der Waals surface area (Å²) in [5.74, 6) is 0.864. The number of nitrogens with one attached hydrogen (secondary N) is 1. The van der Waals surface area contributed by atoms with Crippen molar-refractivity contribution in [1.29, 1.82) is 0 Å². The number of ether oxygens (including phenoxy) is 1. The molecule has 3 nitrogen and oxygen atoms in total. The van der Waals surface area contributed by atoms with Crippen LogP contribution in [0.2, 0.25) is 5.02 Å². The summed E-state index contributed by atoms with van der Waals surface area (Å²) in [4.78, 5) is 4.53. The molecule has 1 N–H and O–H groups in total. The number of benzene rings is 2. The Kier molecular flexibility index (Phi) is 3.99. The van der Waals surface area contributed by atoms with Crippen LogP contribution < -0.4 is 10.1 Å². The first-order chi connectivity index (χ1) is 10.1. The van der Waals surface area contributed by atoms with Gasteiger partial charge in [0.25, 0.3) is 0 Å². The van der Waals surface area contributed by atoms with E-state index in [-0.39, 0.29) is 6.10 Å². The molecule has 0 saturated heterocycles. The molecule has 3 aromatic rings. The molecule has 0 aliphatic carbocycles. The van der Waals surface area contributed by atoms with Crippen molar-refractivity contribution >= 4 is 44.0 Å². The highest BCUT2D eigenvalue weighted by atomic mass is 35.5. The third-order valence-corrected chi connectivity index (χ3v) is 4.29. The molecule has 21 heavy (non-hydrogen) atoms. The van der Waals surface area contributed by atoms with Gasteiger partial charge >= 0.3 is 0 Å². The highest BCUT2D eigenvalue weighted by molar-refractivity contribution is 7.22. The van der Waals surface area contributed by atoms with E-state index in [4.69, 9.17) is 16.3 Å². The van der Waals surface area contributed by atoms with E-state index in [9.17, 15) is 0 Å². The van der Waals surface area contributed by atoms with Crippen LogP contribution in [0.1, 0.15) is 13.8 Å². The van der Waals surface area contributed by atoms with Crippen molar-refractivity contribution in [2.45, 2.75) is 20.0 Å². The van der Waals surface area contributed by atoms with E-state index in [1.165, 1.54) is 0 Å². The van der Waals surface area contributed by atoms with Gasteiger partial charge in [-0.1, -0.05) is 29.0 Å². The van der Waals surface area contributed by atoms with Crippen molar-refractivity contribution in [3.05, 3.63) is 47.5 Å². The molecule has 1 heterocycles. The van der Waals surface area contributed by atoms with Gasteiger partial charge in [-0.05, 0) is 50.2 Å². The number of thiazole rings is 1. The Morgan fingerprint density at radius 2 is 1.90 bits per heavy atom. The lowest BCUT2D eigenvalue weighted by Crippen LogP contribution is -2.05. The van der Waals surface area contributed by atoms with E-state index in [1.54, 1.807) is 11.3 Å². The Morgan fingerprint density at radius 3 is 2.57 bits per heavy atom. The zero-order chi connectivity index (χ0) is 14.8. The molecule has 0 aliphatic rings. The smallest absolute Gasteiger partial charge is 0.188 e. The molecule has 0 amide bonds. The second kappa shape index (κ2) is 5.92. The third kappa shape index (κ3) is 3.28. The van der Waals surface area contributed by atoms with E-state index >= 15 is 0 Å². The summed E-state index contributed by atoms with van der Waals surface area (Å²) in [5, 5.41) is 4.86. The van der Waals surface area contributed by atoms with Crippen LogP contribution in [0.3, 0.4) is 0 Å². The van der Waals surface area contributed by atoms with Gasteiger partial charge in [0, 0.05) is 5.69 Å². The topological polar surface area (TPSA) is 34.1 Å². The highest BCUT2D eigenvalue weighted by Gasteiger charge is 2.07. The maximum Gasteiger partial charge on any atom is 0.188 e. The van der Waals surface area contributed by atoms with Gasteiger partial charge in [-0.3, -0.25) is 0 Å². The summed E-state index contributed by atoms with van der Waals surface area (Å²) in [6.45, 7) is 4.02. The van der Waals surface area contributed by atoms with E-state index in [2.05, 4.69) is 10.3 Å². The minimum absolute atomic E-state index is 0.176. The zero-order valence-corrected chi connectivity index (χ0v) is 13.3. The third-order valence-electron chi connectivity index (χ3n) is 2.84. The molecule has 5 heteroatoms. The molecular weight excluding hydrogens is 304 g/mol. The van der Waals surface area contributed by atoms with Crippen molar-refractivity contribution in [3.8, 4) is 5.75 Å². The predicted octanol–water partition coefficient (Wildman–Crippen LogP) is 5.48. The van der Waals surface area contributed by atoms with Crippen LogP contribution >= 0.6 is 22.9 Å². The lowest BCUT2D eigenvalue weighted by molar-refractivity contribution is 0.242. The normalized spacial score (nSPS) is 11.0. The molecular formula is C16H15ClN2OS. The molecule has 0 unspecified atom stereocenters. The Labute approximate surface area is 132 Å². The fourth-order valence-corrected chi connectivity index (χ4v) is 3.16. The number of fused-ring (bicyclic) bond motifs is 1. The number of halogens is 1. The summed E-state index contributed by atoms with van der Waals surface area (Å²) in [5.41, 5.74) is 1.89. The van der Waals surface area contributed by atoms with Crippen molar-refractivity contribution in [3.63, 3.8) is 0 Å². The van der Waals surface area contributed by atoms with Crippen molar-refractivity contribution < 1.29 is 4.74 Å². The number of nitrogens with zero attached hydrogens (tertiary/aromatic N) is 1. The summed E-state index contributed by atoms with van der Waals surface area (Å²) in [7, 11) is 0. The van der Waals surface area contributed by atoms with E-state index in [0.29, 0.717) is 0 Å². The fourth-order valence-electron chi connectivity index (χ4n) is 1.98. The Balaban J connectivity index is 1.80. The quantitative estimate of drug-likeness (QED) is 0.691. The second-order valence-corrected chi connectivity index (χ2v) is 6.33. The number of rotatable bonds is 4. The van der Waals surface area contributed by atoms with Crippen molar-refractivity contribution in [1.82, 2.24) is 4.98 Å². The maximum atomic E-state index is 6.17. The molecule has 0 spiro atoms. The lowest BCUT2D eigenvalue weighted by Gasteiger charge is -2.10. The van der Waals surface area contributed by atoms with E-state index < -0.39 is 0 Å². The number of aromatic nitrogens is 1. The van der Waals surface area contributed by atoms with Crippen LogP contribution in [0.15, 0.2) is 42.5 Å². The average molecular weight is 319 g/mol. The molecule has 2 aromatic carbocycles. The van der Waals surface area contributed by atoms with Gasteiger partial charge in [0.15, 0.2) is 5.13 Å². The average Bonchev–Trinajstić information content (AvgIpc) is 2.84. The Hall–Kier alpha value is -1.78. The monoisotopic (exact) mass is 318 g/mol. The molecule has 0 saturated carbocycles. The molecule has 0 bridgehead atoms. The highest BCUT2D eigenvalue weighted by Crippen LogP contribution is 2.33. The SMILES string of the molecule is CC(C)Oc1ccc(Nc2nc3cccc(Cl)c3s2)cc1. The number of hydrogen-bond acceptors (Lipinski definition) is 4. The van der Waals surface area contributed by atoms with Gasteiger partial charge in [-0.25, -0.2) is 4.98 Å². The Morgan fingerprint density at radius 1 is 1.14 bits per heavy atom. The Bertz CT molecular complexity index is 753.